The van der Waals surface area contributed by atoms with E-state index < -0.39 is 0 Å². The Morgan fingerprint density at radius 1 is 1.19 bits per heavy atom. The van der Waals surface area contributed by atoms with Crippen molar-refractivity contribution in [2.45, 2.75) is 38.3 Å². The predicted molar refractivity (Wildman–Crippen MR) is 104 cm³/mol. The van der Waals surface area contributed by atoms with Gasteiger partial charge in [0, 0.05) is 31.5 Å². The van der Waals surface area contributed by atoms with E-state index >= 15 is 0 Å². The van der Waals surface area contributed by atoms with Crippen LogP contribution in [-0.4, -0.2) is 36.1 Å². The van der Waals surface area contributed by atoms with E-state index in [0.717, 1.165) is 12.6 Å². The van der Waals surface area contributed by atoms with E-state index in [4.69, 9.17) is 4.74 Å². The summed E-state index contributed by atoms with van der Waals surface area (Å²) in [4.78, 5) is 14.0. The number of esters is 1. The molecule has 2 aromatic rings. The standard InChI is InChI=1S/C23H25NO2/c1-15(25)26-14-22-21-12-20-8-9-23(22)24(20)13-19(21)11-16-6-7-17-4-2-3-5-18(17)10-16/h2-7,10-11,20-23H,8-9,12-14H2,1H3/b19-11+/t20-,21+,22-,23+/m0/s1. The zero-order valence-electron chi connectivity index (χ0n) is 15.2. The second-order valence-electron chi connectivity index (χ2n) is 8.11. The molecular weight excluding hydrogens is 322 g/mol. The Kier molecular flexibility index (Phi) is 3.86. The summed E-state index contributed by atoms with van der Waals surface area (Å²) in [5.74, 6) is 0.859. The van der Waals surface area contributed by atoms with Gasteiger partial charge in [-0.2, -0.15) is 0 Å². The summed E-state index contributed by atoms with van der Waals surface area (Å²) in [6, 6.07) is 16.6. The maximum atomic E-state index is 11.3. The molecule has 0 saturated carbocycles. The summed E-state index contributed by atoms with van der Waals surface area (Å²) in [5.41, 5.74) is 2.80. The Morgan fingerprint density at radius 3 is 2.88 bits per heavy atom. The van der Waals surface area contributed by atoms with E-state index in [1.54, 1.807) is 0 Å². The van der Waals surface area contributed by atoms with Crippen LogP contribution < -0.4 is 0 Å². The first kappa shape index (κ1) is 16.1. The molecule has 0 amide bonds. The van der Waals surface area contributed by atoms with Crippen LogP contribution in [-0.2, 0) is 9.53 Å². The van der Waals surface area contributed by atoms with Gasteiger partial charge in [-0.1, -0.05) is 48.0 Å². The fraction of sp³-hybridized carbons (Fsp3) is 0.435. The van der Waals surface area contributed by atoms with Gasteiger partial charge in [0.1, 0.15) is 0 Å². The van der Waals surface area contributed by atoms with Gasteiger partial charge >= 0.3 is 5.97 Å². The monoisotopic (exact) mass is 347 g/mol. The molecule has 4 heterocycles. The highest BCUT2D eigenvalue weighted by Crippen LogP contribution is 2.50. The minimum atomic E-state index is -0.156. The van der Waals surface area contributed by atoms with Crippen molar-refractivity contribution >= 4 is 22.8 Å². The van der Waals surface area contributed by atoms with Crippen molar-refractivity contribution in [3.05, 3.63) is 53.6 Å². The molecule has 0 radical (unpaired) electrons. The summed E-state index contributed by atoms with van der Waals surface area (Å²) in [7, 11) is 0. The molecule has 4 fully saturated rings. The van der Waals surface area contributed by atoms with Crippen molar-refractivity contribution in [1.29, 1.82) is 0 Å². The molecule has 2 aromatic carbocycles. The summed E-state index contributed by atoms with van der Waals surface area (Å²) < 4.78 is 5.45. The SMILES string of the molecule is CC(=O)OC[C@H]1[C@@H]2C[C@@H]3CC[C@H]1N3C/C2=C\c1ccc2ccccc2c1. The van der Waals surface area contributed by atoms with Gasteiger partial charge in [0.2, 0.25) is 0 Å². The lowest BCUT2D eigenvalue weighted by Crippen LogP contribution is -2.57. The number of nitrogens with zero attached hydrogens (tertiary/aromatic N) is 1. The minimum absolute atomic E-state index is 0.156. The van der Waals surface area contributed by atoms with E-state index in [-0.39, 0.29) is 5.97 Å². The van der Waals surface area contributed by atoms with Gasteiger partial charge in [0.05, 0.1) is 6.61 Å². The lowest BCUT2D eigenvalue weighted by atomic mass is 9.71. The third-order valence-electron chi connectivity index (χ3n) is 6.67. The van der Waals surface area contributed by atoms with Gasteiger partial charge in [0.25, 0.3) is 0 Å². The highest BCUT2D eigenvalue weighted by molar-refractivity contribution is 5.84. The van der Waals surface area contributed by atoms with Crippen LogP contribution in [0.2, 0.25) is 0 Å². The Labute approximate surface area is 154 Å². The molecule has 3 nitrogen and oxygen atoms in total. The van der Waals surface area contributed by atoms with Gasteiger partial charge in [-0.25, -0.2) is 0 Å². The number of hydrogen-bond donors (Lipinski definition) is 0. The van der Waals surface area contributed by atoms with Gasteiger partial charge in [-0.3, -0.25) is 9.69 Å². The number of hydrogen-bond acceptors (Lipinski definition) is 3. The highest BCUT2D eigenvalue weighted by atomic mass is 16.5. The van der Waals surface area contributed by atoms with Gasteiger partial charge in [0.15, 0.2) is 0 Å². The summed E-state index contributed by atoms with van der Waals surface area (Å²) in [5, 5.41) is 2.58. The molecule has 4 aliphatic rings. The number of benzene rings is 2. The molecule has 0 spiro atoms. The molecule has 6 rings (SSSR count). The van der Waals surface area contributed by atoms with E-state index in [2.05, 4.69) is 53.4 Å². The van der Waals surface area contributed by atoms with Crippen molar-refractivity contribution < 1.29 is 9.53 Å². The fourth-order valence-corrected chi connectivity index (χ4v) is 5.52. The van der Waals surface area contributed by atoms with E-state index in [1.165, 1.54) is 48.1 Å². The zero-order valence-corrected chi connectivity index (χ0v) is 15.2. The van der Waals surface area contributed by atoms with Crippen molar-refractivity contribution in [1.82, 2.24) is 4.90 Å². The van der Waals surface area contributed by atoms with Gasteiger partial charge in [-0.15, -0.1) is 0 Å². The van der Waals surface area contributed by atoms with Crippen molar-refractivity contribution in [3.63, 3.8) is 0 Å². The zero-order chi connectivity index (χ0) is 17.7. The molecular formula is C23H25NO2. The molecule has 4 aliphatic heterocycles. The van der Waals surface area contributed by atoms with Crippen LogP contribution in [0.4, 0.5) is 0 Å². The smallest absolute Gasteiger partial charge is 0.302 e. The fourth-order valence-electron chi connectivity index (χ4n) is 5.52. The summed E-state index contributed by atoms with van der Waals surface area (Å²) >= 11 is 0. The predicted octanol–water partition coefficient (Wildman–Crippen LogP) is 4.27. The van der Waals surface area contributed by atoms with Crippen LogP contribution in [0.15, 0.2) is 48.0 Å². The molecule has 0 aliphatic carbocycles. The molecule has 134 valence electrons. The number of ether oxygens (including phenoxy) is 1. The van der Waals surface area contributed by atoms with Crippen LogP contribution in [0, 0.1) is 11.8 Å². The Balaban J connectivity index is 1.46. The van der Waals surface area contributed by atoms with Crippen molar-refractivity contribution in [2.75, 3.05) is 13.2 Å². The Morgan fingerprint density at radius 2 is 2.04 bits per heavy atom. The number of piperidine rings is 3. The van der Waals surface area contributed by atoms with Crippen LogP contribution in [0.1, 0.15) is 31.7 Å². The summed E-state index contributed by atoms with van der Waals surface area (Å²) in [6.45, 7) is 3.18. The van der Waals surface area contributed by atoms with E-state index in [9.17, 15) is 4.79 Å². The third-order valence-corrected chi connectivity index (χ3v) is 6.67. The molecule has 1 unspecified atom stereocenters. The first-order valence-corrected chi connectivity index (χ1v) is 9.77. The van der Waals surface area contributed by atoms with Crippen LogP contribution >= 0.6 is 0 Å². The average molecular weight is 347 g/mol. The van der Waals surface area contributed by atoms with Crippen LogP contribution in [0.25, 0.3) is 16.8 Å². The first-order chi connectivity index (χ1) is 12.7. The number of carbonyl (C=O) groups is 1. The molecule has 4 saturated heterocycles. The Hall–Kier alpha value is -2.13. The van der Waals surface area contributed by atoms with Crippen molar-refractivity contribution in [3.8, 4) is 0 Å². The average Bonchev–Trinajstić information content (AvgIpc) is 2.96. The largest absolute Gasteiger partial charge is 0.465 e. The van der Waals surface area contributed by atoms with Crippen LogP contribution in [0.3, 0.4) is 0 Å². The van der Waals surface area contributed by atoms with Gasteiger partial charge in [-0.05, 0) is 47.6 Å². The molecule has 5 atom stereocenters. The normalized spacial score (nSPS) is 33.7. The number of fused-ring (bicyclic) bond motifs is 2. The van der Waals surface area contributed by atoms with Crippen molar-refractivity contribution in [2.24, 2.45) is 11.8 Å². The van der Waals surface area contributed by atoms with E-state index in [0.29, 0.717) is 24.5 Å². The molecule has 26 heavy (non-hydrogen) atoms. The molecule has 0 aromatic heterocycles. The number of carbonyl (C=O) groups excluding carboxylic acids is 1. The topological polar surface area (TPSA) is 29.5 Å². The lowest BCUT2D eigenvalue weighted by molar-refractivity contribution is -0.145. The third kappa shape index (κ3) is 2.66. The van der Waals surface area contributed by atoms with E-state index in [1.807, 2.05) is 0 Å². The maximum absolute atomic E-state index is 11.3. The van der Waals surface area contributed by atoms with Crippen LogP contribution in [0.5, 0.6) is 0 Å². The summed E-state index contributed by atoms with van der Waals surface area (Å²) in [6.07, 6.45) is 6.18. The molecule has 4 bridgehead atoms. The lowest BCUT2D eigenvalue weighted by Gasteiger charge is -2.51. The number of rotatable bonds is 3. The van der Waals surface area contributed by atoms with Gasteiger partial charge < -0.3 is 4.74 Å². The second-order valence-corrected chi connectivity index (χ2v) is 8.11. The highest BCUT2D eigenvalue weighted by Gasteiger charge is 2.52. The second kappa shape index (κ2) is 6.24. The Bertz CT molecular complexity index is 887. The maximum Gasteiger partial charge on any atom is 0.302 e. The first-order valence-electron chi connectivity index (χ1n) is 9.77. The quantitative estimate of drug-likeness (QED) is 0.777. The molecule has 0 N–H and O–H groups in total. The minimum Gasteiger partial charge on any atom is -0.465 e. The molecule has 3 heteroatoms.